The van der Waals surface area contributed by atoms with Crippen LogP contribution in [0, 0.1) is 0 Å². The average Bonchev–Trinajstić information content (AvgIpc) is 2.38. The van der Waals surface area contributed by atoms with E-state index in [0.717, 1.165) is 18.4 Å². The van der Waals surface area contributed by atoms with Crippen LogP contribution in [0.5, 0.6) is 5.75 Å². The smallest absolute Gasteiger partial charge is 0.137 e. The van der Waals surface area contributed by atoms with E-state index in [1.807, 2.05) is 19.9 Å². The third kappa shape index (κ3) is 4.27. The first kappa shape index (κ1) is 14.9. The summed E-state index contributed by atoms with van der Waals surface area (Å²) >= 11 is 0. The van der Waals surface area contributed by atoms with Crippen LogP contribution in [0.1, 0.15) is 45.3 Å². The molecule has 2 atom stereocenters. The largest absolute Gasteiger partial charge is 0.492 e. The quantitative estimate of drug-likeness (QED) is 0.774. The Morgan fingerprint density at radius 2 is 2.00 bits per heavy atom. The van der Waals surface area contributed by atoms with Crippen molar-refractivity contribution < 1.29 is 14.6 Å². The molecular formula is C14H23NO3. The van der Waals surface area contributed by atoms with Gasteiger partial charge in [0.2, 0.25) is 0 Å². The Morgan fingerprint density at radius 1 is 1.22 bits per heavy atom. The van der Waals surface area contributed by atoms with Crippen molar-refractivity contribution in [2.24, 2.45) is 0 Å². The summed E-state index contributed by atoms with van der Waals surface area (Å²) in [4.78, 5) is 4.09. The number of rotatable bonds is 8. The van der Waals surface area contributed by atoms with Gasteiger partial charge in [-0.05, 0) is 26.3 Å². The molecule has 0 aromatic carbocycles. The molecule has 1 rings (SSSR count). The first-order valence-corrected chi connectivity index (χ1v) is 6.60. The van der Waals surface area contributed by atoms with Gasteiger partial charge in [0.1, 0.15) is 11.9 Å². The number of aliphatic hydroxyl groups excluding tert-OH is 1. The molecule has 0 aliphatic carbocycles. The van der Waals surface area contributed by atoms with E-state index < -0.39 is 6.10 Å². The Morgan fingerprint density at radius 3 is 2.61 bits per heavy atom. The molecule has 4 nitrogen and oxygen atoms in total. The third-order valence-electron chi connectivity index (χ3n) is 2.69. The Labute approximate surface area is 109 Å². The summed E-state index contributed by atoms with van der Waals surface area (Å²) in [6.07, 6.45) is 4.27. The van der Waals surface area contributed by atoms with E-state index in [0.29, 0.717) is 19.0 Å². The molecule has 0 amide bonds. The van der Waals surface area contributed by atoms with Gasteiger partial charge in [-0.1, -0.05) is 13.3 Å². The number of nitrogens with zero attached hydrogens (tertiary/aromatic N) is 1. The molecule has 18 heavy (non-hydrogen) atoms. The van der Waals surface area contributed by atoms with Crippen molar-refractivity contribution in [3.63, 3.8) is 0 Å². The molecule has 1 N–H and O–H groups in total. The van der Waals surface area contributed by atoms with Crippen molar-refractivity contribution in [3.05, 3.63) is 24.0 Å². The van der Waals surface area contributed by atoms with Gasteiger partial charge in [-0.2, -0.15) is 0 Å². The molecule has 0 saturated heterocycles. The molecule has 0 aliphatic rings. The summed E-state index contributed by atoms with van der Waals surface area (Å²) in [6.45, 7) is 7.12. The Balaban J connectivity index is 2.79. The van der Waals surface area contributed by atoms with Gasteiger partial charge in [0.15, 0.2) is 0 Å². The van der Waals surface area contributed by atoms with Crippen molar-refractivity contribution in [2.45, 2.75) is 45.8 Å². The van der Waals surface area contributed by atoms with Crippen molar-refractivity contribution in [3.8, 4) is 5.75 Å². The van der Waals surface area contributed by atoms with E-state index >= 15 is 0 Å². The molecule has 0 bridgehead atoms. The predicted molar refractivity (Wildman–Crippen MR) is 70.7 cm³/mol. The predicted octanol–water partition coefficient (Wildman–Crippen LogP) is 2.72. The van der Waals surface area contributed by atoms with Gasteiger partial charge in [0.05, 0.1) is 18.9 Å². The molecule has 102 valence electrons. The lowest BCUT2D eigenvalue weighted by Gasteiger charge is -2.22. The number of aromatic nitrogens is 1. The fraction of sp³-hybridized carbons (Fsp3) is 0.643. The third-order valence-corrected chi connectivity index (χ3v) is 2.69. The molecule has 0 spiro atoms. The highest BCUT2D eigenvalue weighted by Crippen LogP contribution is 2.24. The standard InChI is InChI=1S/C14H23NO3/c1-4-7-13(18-6-3)14(16)11-8-12(17-5-2)10-15-9-11/h8-10,13-14,16H,4-7H2,1-3H3. The summed E-state index contributed by atoms with van der Waals surface area (Å²) in [6, 6.07) is 1.82. The SMILES string of the molecule is CCCC(OCC)C(O)c1cncc(OCC)c1. The first-order chi connectivity index (χ1) is 8.72. The highest BCUT2D eigenvalue weighted by molar-refractivity contribution is 5.25. The number of pyridine rings is 1. The minimum Gasteiger partial charge on any atom is -0.492 e. The van der Waals surface area contributed by atoms with Crippen molar-refractivity contribution in [1.82, 2.24) is 4.98 Å². The van der Waals surface area contributed by atoms with Gasteiger partial charge < -0.3 is 14.6 Å². The molecule has 1 heterocycles. The molecular weight excluding hydrogens is 230 g/mol. The topological polar surface area (TPSA) is 51.6 Å². The first-order valence-electron chi connectivity index (χ1n) is 6.60. The minimum atomic E-state index is -0.655. The number of hydrogen-bond donors (Lipinski definition) is 1. The lowest BCUT2D eigenvalue weighted by atomic mass is 10.0. The zero-order valence-corrected chi connectivity index (χ0v) is 11.4. The molecule has 0 fully saturated rings. The number of ether oxygens (including phenoxy) is 2. The van der Waals surface area contributed by atoms with Gasteiger partial charge in [0, 0.05) is 18.4 Å². The van der Waals surface area contributed by atoms with Crippen LogP contribution >= 0.6 is 0 Å². The maximum absolute atomic E-state index is 10.3. The highest BCUT2D eigenvalue weighted by atomic mass is 16.5. The van der Waals surface area contributed by atoms with Gasteiger partial charge in [0.25, 0.3) is 0 Å². The zero-order chi connectivity index (χ0) is 13.4. The maximum atomic E-state index is 10.3. The van der Waals surface area contributed by atoms with Crippen LogP contribution in [0.4, 0.5) is 0 Å². The number of aliphatic hydroxyl groups is 1. The molecule has 0 saturated carbocycles. The molecule has 0 aliphatic heterocycles. The second-order valence-corrected chi connectivity index (χ2v) is 4.11. The van der Waals surface area contributed by atoms with E-state index in [9.17, 15) is 5.11 Å². The summed E-state index contributed by atoms with van der Waals surface area (Å²) in [5, 5.41) is 10.3. The Hall–Kier alpha value is -1.13. The van der Waals surface area contributed by atoms with E-state index in [1.54, 1.807) is 12.4 Å². The van der Waals surface area contributed by atoms with E-state index in [4.69, 9.17) is 9.47 Å². The van der Waals surface area contributed by atoms with Crippen LogP contribution in [0.3, 0.4) is 0 Å². The van der Waals surface area contributed by atoms with Crippen molar-refractivity contribution in [2.75, 3.05) is 13.2 Å². The van der Waals surface area contributed by atoms with Gasteiger partial charge in [-0.15, -0.1) is 0 Å². The van der Waals surface area contributed by atoms with Crippen LogP contribution < -0.4 is 4.74 Å². The molecule has 0 radical (unpaired) electrons. The van der Waals surface area contributed by atoms with Crippen molar-refractivity contribution in [1.29, 1.82) is 0 Å². The fourth-order valence-electron chi connectivity index (χ4n) is 1.89. The van der Waals surface area contributed by atoms with E-state index in [-0.39, 0.29) is 6.10 Å². The van der Waals surface area contributed by atoms with E-state index in [2.05, 4.69) is 11.9 Å². The maximum Gasteiger partial charge on any atom is 0.137 e. The van der Waals surface area contributed by atoms with Gasteiger partial charge in [-0.25, -0.2) is 0 Å². The summed E-state index contributed by atoms with van der Waals surface area (Å²) in [7, 11) is 0. The van der Waals surface area contributed by atoms with E-state index in [1.165, 1.54) is 0 Å². The molecule has 4 heteroatoms. The minimum absolute atomic E-state index is 0.182. The van der Waals surface area contributed by atoms with Gasteiger partial charge >= 0.3 is 0 Å². The normalized spacial score (nSPS) is 14.2. The van der Waals surface area contributed by atoms with Crippen LogP contribution in [0.15, 0.2) is 18.5 Å². The molecule has 1 aromatic rings. The van der Waals surface area contributed by atoms with Crippen LogP contribution in [0.2, 0.25) is 0 Å². The fourth-order valence-corrected chi connectivity index (χ4v) is 1.89. The average molecular weight is 253 g/mol. The number of hydrogen-bond acceptors (Lipinski definition) is 4. The lowest BCUT2D eigenvalue weighted by Crippen LogP contribution is -2.22. The van der Waals surface area contributed by atoms with Crippen molar-refractivity contribution >= 4 is 0 Å². The van der Waals surface area contributed by atoms with Crippen LogP contribution in [-0.4, -0.2) is 29.4 Å². The summed E-state index contributed by atoms with van der Waals surface area (Å²) in [5.74, 6) is 0.681. The Bertz CT molecular complexity index is 338. The van der Waals surface area contributed by atoms with Crippen LogP contribution in [-0.2, 0) is 4.74 Å². The van der Waals surface area contributed by atoms with Gasteiger partial charge in [-0.3, -0.25) is 4.98 Å². The summed E-state index contributed by atoms with van der Waals surface area (Å²) in [5.41, 5.74) is 0.743. The second kappa shape index (κ2) is 8.06. The van der Waals surface area contributed by atoms with Crippen LogP contribution in [0.25, 0.3) is 0 Å². The molecule has 2 unspecified atom stereocenters. The Kier molecular flexibility index (Phi) is 6.68. The highest BCUT2D eigenvalue weighted by Gasteiger charge is 2.21. The monoisotopic (exact) mass is 253 g/mol. The zero-order valence-electron chi connectivity index (χ0n) is 11.4. The summed E-state index contributed by atoms with van der Waals surface area (Å²) < 4.78 is 11.0. The molecule has 1 aromatic heterocycles. The second-order valence-electron chi connectivity index (χ2n) is 4.11. The lowest BCUT2D eigenvalue weighted by molar-refractivity contribution is -0.0386.